The molecule has 0 radical (unpaired) electrons. The van der Waals surface area contributed by atoms with E-state index in [-0.39, 0.29) is 17.9 Å². The molecule has 1 aliphatic heterocycles. The highest BCUT2D eigenvalue weighted by molar-refractivity contribution is 5.78. The fraction of sp³-hybridized carbons (Fsp3) is 0.556. The maximum absolute atomic E-state index is 12.1. The van der Waals surface area contributed by atoms with Crippen molar-refractivity contribution in [3.63, 3.8) is 0 Å². The van der Waals surface area contributed by atoms with Crippen LogP contribution in [0.25, 0.3) is 0 Å². The fourth-order valence-corrected chi connectivity index (χ4v) is 3.20. The van der Waals surface area contributed by atoms with Crippen LogP contribution in [0.1, 0.15) is 37.9 Å². The smallest absolute Gasteiger partial charge is 0.224 e. The summed E-state index contributed by atoms with van der Waals surface area (Å²) in [5.41, 5.74) is 1.20. The van der Waals surface area contributed by atoms with Gasteiger partial charge < -0.3 is 15.0 Å². The van der Waals surface area contributed by atoms with E-state index in [1.165, 1.54) is 12.5 Å². The number of benzene rings is 1. The van der Waals surface area contributed by atoms with Crippen LogP contribution in [0.2, 0.25) is 0 Å². The van der Waals surface area contributed by atoms with Crippen molar-refractivity contribution in [2.75, 3.05) is 26.7 Å². The molecule has 1 aliphatic rings. The minimum Gasteiger partial charge on any atom is -0.376 e. The molecule has 2 amide bonds. The topological polar surface area (TPSA) is 58.6 Å². The van der Waals surface area contributed by atoms with Crippen LogP contribution in [0, 0.1) is 5.92 Å². The van der Waals surface area contributed by atoms with Crippen molar-refractivity contribution in [2.45, 2.75) is 32.3 Å². The fourth-order valence-electron chi connectivity index (χ4n) is 3.20. The number of carbonyl (C=O) groups excluding carboxylic acids is 2. The van der Waals surface area contributed by atoms with Gasteiger partial charge in [0.1, 0.15) is 0 Å². The number of hydrogen-bond acceptors (Lipinski definition) is 3. The molecule has 0 saturated carbocycles. The number of piperidine rings is 1. The highest BCUT2D eigenvalue weighted by atomic mass is 16.5. The number of likely N-dealkylation sites (tertiary alicyclic amines) is 1. The minimum absolute atomic E-state index is 0.0906. The van der Waals surface area contributed by atoms with Crippen LogP contribution in [-0.2, 0) is 14.3 Å². The number of nitrogens with one attached hydrogen (secondary N) is 1. The molecule has 2 rings (SSSR count). The number of carbonyl (C=O) groups is 2. The summed E-state index contributed by atoms with van der Waals surface area (Å²) < 4.78 is 5.71. The van der Waals surface area contributed by atoms with Crippen molar-refractivity contribution in [1.29, 1.82) is 0 Å². The third-order valence-electron chi connectivity index (χ3n) is 4.42. The lowest BCUT2D eigenvalue weighted by Gasteiger charge is -2.35. The molecule has 23 heavy (non-hydrogen) atoms. The molecule has 1 aromatic carbocycles. The zero-order chi connectivity index (χ0) is 16.7. The van der Waals surface area contributed by atoms with Gasteiger partial charge >= 0.3 is 0 Å². The highest BCUT2D eigenvalue weighted by Gasteiger charge is 2.29. The minimum atomic E-state index is -0.0951. The van der Waals surface area contributed by atoms with Gasteiger partial charge in [-0.2, -0.15) is 0 Å². The molecule has 126 valence electrons. The second-order valence-electron chi connectivity index (χ2n) is 6.02. The molecular formula is C18H26N2O3. The van der Waals surface area contributed by atoms with E-state index < -0.39 is 0 Å². The third kappa shape index (κ3) is 5.06. The van der Waals surface area contributed by atoms with Crippen LogP contribution in [0.15, 0.2) is 30.3 Å². The van der Waals surface area contributed by atoms with Crippen LogP contribution in [0.3, 0.4) is 0 Å². The molecule has 1 heterocycles. The summed E-state index contributed by atoms with van der Waals surface area (Å²) in [5, 5.41) is 2.67. The van der Waals surface area contributed by atoms with E-state index in [9.17, 15) is 9.59 Å². The Balaban J connectivity index is 1.83. The van der Waals surface area contributed by atoms with Crippen LogP contribution >= 0.6 is 0 Å². The zero-order valence-corrected chi connectivity index (χ0v) is 14.0. The number of amides is 2. The molecule has 0 spiro atoms. The maximum atomic E-state index is 12.1. The monoisotopic (exact) mass is 318 g/mol. The Labute approximate surface area is 138 Å². The zero-order valence-electron chi connectivity index (χ0n) is 14.0. The lowest BCUT2D eigenvalue weighted by Crippen LogP contribution is -2.41. The maximum Gasteiger partial charge on any atom is 0.224 e. The Hall–Kier alpha value is -1.88. The van der Waals surface area contributed by atoms with Gasteiger partial charge in [-0.3, -0.25) is 9.59 Å². The summed E-state index contributed by atoms with van der Waals surface area (Å²) in [6, 6.07) is 10.3. The Kier molecular flexibility index (Phi) is 6.59. The van der Waals surface area contributed by atoms with Crippen molar-refractivity contribution >= 4 is 11.8 Å². The SMILES string of the molecule is COC(c1ccccc1)C1CCN(C(=O)CCNC(C)=O)CC1. The first kappa shape index (κ1) is 17.5. The number of hydrogen-bond donors (Lipinski definition) is 1. The van der Waals surface area contributed by atoms with Gasteiger partial charge in [0.25, 0.3) is 0 Å². The van der Waals surface area contributed by atoms with Crippen molar-refractivity contribution in [3.05, 3.63) is 35.9 Å². The Morgan fingerprint density at radius 1 is 1.26 bits per heavy atom. The van der Waals surface area contributed by atoms with Crippen molar-refractivity contribution in [3.8, 4) is 0 Å². The first-order valence-corrected chi connectivity index (χ1v) is 8.21. The molecule has 0 aliphatic carbocycles. The standard InChI is InChI=1S/C18H26N2O3/c1-14(21)19-11-8-17(22)20-12-9-16(10-13-20)18(23-2)15-6-4-3-5-7-15/h3-7,16,18H,8-13H2,1-2H3,(H,19,21). The number of ether oxygens (including phenoxy) is 1. The largest absolute Gasteiger partial charge is 0.376 e. The van der Waals surface area contributed by atoms with Crippen LogP contribution in [-0.4, -0.2) is 43.5 Å². The summed E-state index contributed by atoms with van der Waals surface area (Å²) in [7, 11) is 1.75. The Morgan fingerprint density at radius 3 is 2.48 bits per heavy atom. The molecule has 1 N–H and O–H groups in total. The Morgan fingerprint density at radius 2 is 1.91 bits per heavy atom. The van der Waals surface area contributed by atoms with E-state index in [0.29, 0.717) is 18.9 Å². The van der Waals surface area contributed by atoms with Crippen molar-refractivity contribution < 1.29 is 14.3 Å². The van der Waals surface area contributed by atoms with Crippen LogP contribution in [0.5, 0.6) is 0 Å². The first-order valence-electron chi connectivity index (χ1n) is 8.21. The second-order valence-corrected chi connectivity index (χ2v) is 6.02. The normalized spacial score (nSPS) is 16.9. The van der Waals surface area contributed by atoms with E-state index >= 15 is 0 Å². The first-order chi connectivity index (χ1) is 11.1. The number of methoxy groups -OCH3 is 1. The Bertz CT molecular complexity index is 510. The number of nitrogens with zero attached hydrogens (tertiary/aromatic N) is 1. The molecule has 0 aromatic heterocycles. The van der Waals surface area contributed by atoms with Crippen molar-refractivity contribution in [2.24, 2.45) is 5.92 Å². The summed E-state index contributed by atoms with van der Waals surface area (Å²) in [6.45, 7) is 3.40. The summed E-state index contributed by atoms with van der Waals surface area (Å²) in [6.07, 6.45) is 2.35. The molecule has 5 nitrogen and oxygen atoms in total. The highest BCUT2D eigenvalue weighted by Crippen LogP contribution is 2.33. The molecule has 1 fully saturated rings. The second kappa shape index (κ2) is 8.67. The van der Waals surface area contributed by atoms with Crippen LogP contribution in [0.4, 0.5) is 0 Å². The van der Waals surface area contributed by atoms with E-state index in [1.54, 1.807) is 7.11 Å². The predicted molar refractivity (Wildman–Crippen MR) is 88.8 cm³/mol. The van der Waals surface area contributed by atoms with Crippen LogP contribution < -0.4 is 5.32 Å². The van der Waals surface area contributed by atoms with Gasteiger partial charge in [-0.1, -0.05) is 30.3 Å². The molecular weight excluding hydrogens is 292 g/mol. The van der Waals surface area contributed by atoms with E-state index in [2.05, 4.69) is 17.4 Å². The van der Waals surface area contributed by atoms with E-state index in [1.807, 2.05) is 23.1 Å². The van der Waals surface area contributed by atoms with Gasteiger partial charge in [0.2, 0.25) is 11.8 Å². The summed E-state index contributed by atoms with van der Waals surface area (Å²) in [5.74, 6) is 0.454. The summed E-state index contributed by atoms with van der Waals surface area (Å²) >= 11 is 0. The third-order valence-corrected chi connectivity index (χ3v) is 4.42. The van der Waals surface area contributed by atoms with Gasteiger partial charge in [0.05, 0.1) is 6.10 Å². The van der Waals surface area contributed by atoms with E-state index in [0.717, 1.165) is 25.9 Å². The lowest BCUT2D eigenvalue weighted by molar-refractivity contribution is -0.133. The molecule has 0 bridgehead atoms. The predicted octanol–water partition coefficient (Wildman–Crippen LogP) is 2.14. The van der Waals surface area contributed by atoms with Gasteiger partial charge in [0.15, 0.2) is 0 Å². The molecule has 1 unspecified atom stereocenters. The molecule has 1 saturated heterocycles. The van der Waals surface area contributed by atoms with Gasteiger partial charge in [-0.15, -0.1) is 0 Å². The summed E-state index contributed by atoms with van der Waals surface area (Å²) in [4.78, 5) is 24.9. The van der Waals surface area contributed by atoms with Gasteiger partial charge in [0, 0.05) is 40.1 Å². The average Bonchev–Trinajstić information content (AvgIpc) is 2.57. The number of rotatable bonds is 6. The molecule has 5 heteroatoms. The molecule has 1 atom stereocenters. The van der Waals surface area contributed by atoms with E-state index in [4.69, 9.17) is 4.74 Å². The molecule has 1 aromatic rings. The quantitative estimate of drug-likeness (QED) is 0.874. The van der Waals surface area contributed by atoms with Crippen molar-refractivity contribution in [1.82, 2.24) is 10.2 Å². The lowest BCUT2D eigenvalue weighted by atomic mass is 9.87. The van der Waals surface area contributed by atoms with Gasteiger partial charge in [-0.25, -0.2) is 0 Å². The van der Waals surface area contributed by atoms with Gasteiger partial charge in [-0.05, 0) is 24.3 Å². The average molecular weight is 318 g/mol.